The fourth-order valence-corrected chi connectivity index (χ4v) is 2.60. The zero-order chi connectivity index (χ0) is 14.8. The van der Waals surface area contributed by atoms with Gasteiger partial charge in [-0.25, -0.2) is 0 Å². The highest BCUT2D eigenvalue weighted by Gasteiger charge is 2.23. The molecule has 2 aromatic rings. The number of rotatable bonds is 2. The molecule has 110 valence electrons. The number of hydrogen-bond donors (Lipinski definition) is 0. The minimum atomic E-state index is 0.106. The number of carbonyl (C=O) groups excluding carboxylic acids is 1. The molecule has 0 saturated carbocycles. The molecule has 21 heavy (non-hydrogen) atoms. The van der Waals surface area contributed by atoms with E-state index in [4.69, 9.17) is 4.52 Å². The molecule has 3 rings (SSSR count). The maximum Gasteiger partial charge on any atom is 0.253 e. The van der Waals surface area contributed by atoms with Crippen LogP contribution in [-0.2, 0) is 0 Å². The summed E-state index contributed by atoms with van der Waals surface area (Å²) < 4.78 is 5.10. The van der Waals surface area contributed by atoms with Crippen LogP contribution in [0.15, 0.2) is 34.9 Å². The lowest BCUT2D eigenvalue weighted by Crippen LogP contribution is -2.48. The molecule has 1 aromatic heterocycles. The number of nitrogens with zero attached hydrogens (tertiary/aromatic N) is 3. The van der Waals surface area contributed by atoms with Gasteiger partial charge in [0.05, 0.1) is 0 Å². The Hall–Kier alpha value is -2.30. The summed E-state index contributed by atoms with van der Waals surface area (Å²) in [6.45, 7) is 6.86. The second-order valence-electron chi connectivity index (χ2n) is 5.44. The largest absolute Gasteiger partial charge is 0.360 e. The summed E-state index contributed by atoms with van der Waals surface area (Å²) in [6, 6.07) is 9.68. The molecule has 1 saturated heterocycles. The fraction of sp³-hybridized carbons (Fsp3) is 0.375. The van der Waals surface area contributed by atoms with Crippen molar-refractivity contribution in [1.29, 1.82) is 0 Å². The first-order valence-corrected chi connectivity index (χ1v) is 7.18. The van der Waals surface area contributed by atoms with Gasteiger partial charge in [0.1, 0.15) is 5.76 Å². The number of piperazine rings is 1. The van der Waals surface area contributed by atoms with E-state index in [0.717, 1.165) is 35.8 Å². The smallest absolute Gasteiger partial charge is 0.253 e. The number of carbonyl (C=O) groups is 1. The van der Waals surface area contributed by atoms with E-state index in [1.807, 2.05) is 49.1 Å². The van der Waals surface area contributed by atoms with Crippen molar-refractivity contribution in [3.63, 3.8) is 0 Å². The van der Waals surface area contributed by atoms with E-state index in [-0.39, 0.29) is 5.91 Å². The van der Waals surface area contributed by atoms with Gasteiger partial charge in [-0.15, -0.1) is 0 Å². The lowest BCUT2D eigenvalue weighted by Gasteiger charge is -2.34. The van der Waals surface area contributed by atoms with Crippen LogP contribution in [-0.4, -0.2) is 42.1 Å². The fourth-order valence-electron chi connectivity index (χ4n) is 2.60. The standard InChI is InChI=1S/C16H19N3O2/c1-12-4-3-5-14(10-12)16(20)19-8-6-18(7-9-19)15-11-13(2)21-17-15/h3-5,10-11H,6-9H2,1-2H3. The molecule has 2 heterocycles. The Balaban J connectivity index is 1.64. The van der Waals surface area contributed by atoms with Gasteiger partial charge < -0.3 is 14.3 Å². The first kappa shape index (κ1) is 13.7. The summed E-state index contributed by atoms with van der Waals surface area (Å²) in [5, 5.41) is 4.03. The molecule has 0 atom stereocenters. The Morgan fingerprint density at radius 1 is 1.14 bits per heavy atom. The molecule has 1 aliphatic rings. The maximum atomic E-state index is 12.5. The van der Waals surface area contributed by atoms with Gasteiger partial charge in [0.25, 0.3) is 5.91 Å². The highest BCUT2D eigenvalue weighted by molar-refractivity contribution is 5.94. The van der Waals surface area contributed by atoms with Gasteiger partial charge >= 0.3 is 0 Å². The molecule has 0 unspecified atom stereocenters. The molecule has 0 radical (unpaired) electrons. The van der Waals surface area contributed by atoms with Crippen molar-refractivity contribution in [2.75, 3.05) is 31.1 Å². The minimum absolute atomic E-state index is 0.106. The molecule has 5 heteroatoms. The average molecular weight is 285 g/mol. The normalized spacial score (nSPS) is 15.3. The van der Waals surface area contributed by atoms with Crippen molar-refractivity contribution < 1.29 is 9.32 Å². The van der Waals surface area contributed by atoms with Gasteiger partial charge in [-0.05, 0) is 26.0 Å². The molecule has 5 nitrogen and oxygen atoms in total. The Morgan fingerprint density at radius 2 is 1.90 bits per heavy atom. The van der Waals surface area contributed by atoms with Gasteiger partial charge in [-0.1, -0.05) is 22.9 Å². The maximum absolute atomic E-state index is 12.5. The van der Waals surface area contributed by atoms with E-state index in [0.29, 0.717) is 13.1 Å². The van der Waals surface area contributed by atoms with Crippen LogP contribution in [0.2, 0.25) is 0 Å². The van der Waals surface area contributed by atoms with Crippen LogP contribution in [0.5, 0.6) is 0 Å². The van der Waals surface area contributed by atoms with Crippen LogP contribution in [0.25, 0.3) is 0 Å². The van der Waals surface area contributed by atoms with Crippen molar-refractivity contribution in [3.05, 3.63) is 47.2 Å². The Bertz CT molecular complexity index is 642. The number of aryl methyl sites for hydroxylation is 2. The molecule has 1 fully saturated rings. The Morgan fingerprint density at radius 3 is 2.52 bits per heavy atom. The number of amides is 1. The van der Waals surface area contributed by atoms with Crippen LogP contribution >= 0.6 is 0 Å². The monoisotopic (exact) mass is 285 g/mol. The first-order valence-electron chi connectivity index (χ1n) is 7.18. The van der Waals surface area contributed by atoms with E-state index in [9.17, 15) is 4.79 Å². The molecule has 0 spiro atoms. The zero-order valence-electron chi connectivity index (χ0n) is 12.4. The van der Waals surface area contributed by atoms with Gasteiger partial charge in [0.2, 0.25) is 0 Å². The third-order valence-electron chi connectivity index (χ3n) is 3.77. The van der Waals surface area contributed by atoms with Crippen molar-refractivity contribution in [2.24, 2.45) is 0 Å². The summed E-state index contributed by atoms with van der Waals surface area (Å²) in [7, 11) is 0. The topological polar surface area (TPSA) is 49.6 Å². The third-order valence-corrected chi connectivity index (χ3v) is 3.77. The molecule has 0 aliphatic carbocycles. The van der Waals surface area contributed by atoms with Gasteiger partial charge in [0, 0.05) is 37.8 Å². The van der Waals surface area contributed by atoms with Crippen LogP contribution in [0.3, 0.4) is 0 Å². The number of hydrogen-bond acceptors (Lipinski definition) is 4. The van der Waals surface area contributed by atoms with Crippen LogP contribution < -0.4 is 4.90 Å². The summed E-state index contributed by atoms with van der Waals surface area (Å²) >= 11 is 0. The van der Waals surface area contributed by atoms with Gasteiger partial charge in [0.15, 0.2) is 5.82 Å². The van der Waals surface area contributed by atoms with Crippen molar-refractivity contribution in [1.82, 2.24) is 10.1 Å². The van der Waals surface area contributed by atoms with Crippen molar-refractivity contribution in [2.45, 2.75) is 13.8 Å². The van der Waals surface area contributed by atoms with Crippen LogP contribution in [0, 0.1) is 13.8 Å². The van der Waals surface area contributed by atoms with E-state index in [2.05, 4.69) is 10.1 Å². The first-order chi connectivity index (χ1) is 10.1. The van der Waals surface area contributed by atoms with E-state index >= 15 is 0 Å². The van der Waals surface area contributed by atoms with Crippen LogP contribution in [0.4, 0.5) is 5.82 Å². The summed E-state index contributed by atoms with van der Waals surface area (Å²) in [6.07, 6.45) is 0. The number of anilines is 1. The summed E-state index contributed by atoms with van der Waals surface area (Å²) in [5.74, 6) is 1.77. The lowest BCUT2D eigenvalue weighted by atomic mass is 10.1. The predicted molar refractivity (Wildman–Crippen MR) is 80.5 cm³/mol. The number of benzene rings is 1. The van der Waals surface area contributed by atoms with Crippen molar-refractivity contribution in [3.8, 4) is 0 Å². The molecular weight excluding hydrogens is 266 g/mol. The number of aromatic nitrogens is 1. The molecule has 1 aliphatic heterocycles. The highest BCUT2D eigenvalue weighted by atomic mass is 16.5. The molecular formula is C16H19N3O2. The lowest BCUT2D eigenvalue weighted by molar-refractivity contribution is 0.0746. The summed E-state index contributed by atoms with van der Waals surface area (Å²) in [4.78, 5) is 16.5. The molecule has 0 bridgehead atoms. The summed E-state index contributed by atoms with van der Waals surface area (Å²) in [5.41, 5.74) is 1.87. The van der Waals surface area contributed by atoms with Gasteiger partial charge in [-0.2, -0.15) is 0 Å². The predicted octanol–water partition coefficient (Wildman–Crippen LogP) is 2.25. The average Bonchev–Trinajstić information content (AvgIpc) is 2.93. The van der Waals surface area contributed by atoms with E-state index in [1.165, 1.54) is 0 Å². The minimum Gasteiger partial charge on any atom is -0.360 e. The quantitative estimate of drug-likeness (QED) is 0.849. The highest BCUT2D eigenvalue weighted by Crippen LogP contribution is 2.17. The van der Waals surface area contributed by atoms with E-state index in [1.54, 1.807) is 0 Å². The van der Waals surface area contributed by atoms with E-state index < -0.39 is 0 Å². The second kappa shape index (κ2) is 5.60. The SMILES string of the molecule is Cc1cccc(C(=O)N2CCN(c3cc(C)on3)CC2)c1. The molecule has 1 amide bonds. The third kappa shape index (κ3) is 2.91. The zero-order valence-corrected chi connectivity index (χ0v) is 12.4. The molecule has 1 aromatic carbocycles. The molecule has 0 N–H and O–H groups in total. The van der Waals surface area contributed by atoms with Crippen LogP contribution in [0.1, 0.15) is 21.7 Å². The van der Waals surface area contributed by atoms with Crippen molar-refractivity contribution >= 4 is 11.7 Å². The second-order valence-corrected chi connectivity index (χ2v) is 5.44. The Kier molecular flexibility index (Phi) is 3.64. The van der Waals surface area contributed by atoms with Gasteiger partial charge in [-0.3, -0.25) is 4.79 Å². The Labute approximate surface area is 124 Å².